The van der Waals surface area contributed by atoms with Crippen LogP contribution in [0.2, 0.25) is 0 Å². The standard InChI is InChI=1S/C45H82NO8P/c1-3-5-7-9-11-13-15-17-19-20-21-22-24-26-28-30-32-34-36-38-45(48)54-43(42-53-55(49,50)52-40-39-46)41-51-44(47)37-35-33-31-29-27-25-23-18-16-14-12-10-8-6-4-2/h11,13,17,19,21-22,26,28,43H,3-10,12,14-16,18,20,23-25,27,29-42,46H2,1-2H3,(H,49,50)/b13-11+,19-17+,22-21+,28-26+/t43-/m1/s1. The third-order valence-corrected chi connectivity index (χ3v) is 10.2. The molecule has 0 heterocycles. The first-order valence-electron chi connectivity index (χ1n) is 22.1. The van der Waals surface area contributed by atoms with E-state index >= 15 is 0 Å². The summed E-state index contributed by atoms with van der Waals surface area (Å²) in [4.78, 5) is 34.9. The first-order chi connectivity index (χ1) is 26.8. The number of carbonyl (C=O) groups is 2. The van der Waals surface area contributed by atoms with Gasteiger partial charge in [0.25, 0.3) is 0 Å². The first-order valence-corrected chi connectivity index (χ1v) is 23.6. The first kappa shape index (κ1) is 53.0. The molecule has 0 rings (SSSR count). The average Bonchev–Trinajstić information content (AvgIpc) is 3.17. The van der Waals surface area contributed by atoms with E-state index in [0.717, 1.165) is 57.8 Å². The Morgan fingerprint density at radius 3 is 1.44 bits per heavy atom. The Bertz CT molecular complexity index is 1040. The van der Waals surface area contributed by atoms with Crippen LogP contribution in [0.5, 0.6) is 0 Å². The molecule has 0 bridgehead atoms. The van der Waals surface area contributed by atoms with E-state index in [0.29, 0.717) is 6.42 Å². The van der Waals surface area contributed by atoms with Crippen LogP contribution in [0.3, 0.4) is 0 Å². The zero-order chi connectivity index (χ0) is 40.3. The van der Waals surface area contributed by atoms with Crippen molar-refractivity contribution in [3.63, 3.8) is 0 Å². The predicted molar refractivity (Wildman–Crippen MR) is 229 cm³/mol. The predicted octanol–water partition coefficient (Wildman–Crippen LogP) is 12.7. The number of carbonyl (C=O) groups excluding carboxylic acids is 2. The molecule has 1 unspecified atom stereocenters. The largest absolute Gasteiger partial charge is 0.472 e. The summed E-state index contributed by atoms with van der Waals surface area (Å²) in [6.45, 7) is 3.67. The van der Waals surface area contributed by atoms with Crippen LogP contribution in [0, 0.1) is 0 Å². The molecule has 10 heteroatoms. The third kappa shape index (κ3) is 41.4. The number of esters is 2. The van der Waals surface area contributed by atoms with Crippen LogP contribution in [-0.4, -0.2) is 49.3 Å². The minimum absolute atomic E-state index is 0.0473. The summed E-state index contributed by atoms with van der Waals surface area (Å²) >= 11 is 0. The maximum atomic E-state index is 12.6. The van der Waals surface area contributed by atoms with Crippen LogP contribution in [0.4, 0.5) is 0 Å². The Morgan fingerprint density at radius 1 is 0.545 bits per heavy atom. The third-order valence-electron chi connectivity index (χ3n) is 9.22. The number of ether oxygens (including phenoxy) is 2. The number of nitrogens with two attached hydrogens (primary N) is 1. The summed E-state index contributed by atoms with van der Waals surface area (Å²) in [6.07, 6.45) is 47.1. The van der Waals surface area contributed by atoms with Crippen molar-refractivity contribution in [3.05, 3.63) is 48.6 Å². The van der Waals surface area contributed by atoms with Crippen molar-refractivity contribution in [2.24, 2.45) is 5.73 Å². The van der Waals surface area contributed by atoms with E-state index in [1.807, 2.05) is 0 Å². The maximum absolute atomic E-state index is 12.6. The highest BCUT2D eigenvalue weighted by Crippen LogP contribution is 2.43. The molecule has 0 aromatic rings. The monoisotopic (exact) mass is 796 g/mol. The lowest BCUT2D eigenvalue weighted by Gasteiger charge is -2.19. The van der Waals surface area contributed by atoms with Crippen molar-refractivity contribution in [2.45, 2.75) is 200 Å². The number of unbranched alkanes of at least 4 members (excludes halogenated alkanes) is 20. The molecule has 320 valence electrons. The Hall–Kier alpha value is -2.03. The Morgan fingerprint density at radius 2 is 0.945 bits per heavy atom. The number of phosphoric ester groups is 1. The highest BCUT2D eigenvalue weighted by Gasteiger charge is 2.26. The summed E-state index contributed by atoms with van der Waals surface area (Å²) < 4.78 is 32.8. The molecule has 9 nitrogen and oxygen atoms in total. The zero-order valence-electron chi connectivity index (χ0n) is 35.2. The van der Waals surface area contributed by atoms with E-state index in [1.54, 1.807) is 0 Å². The molecule has 0 fully saturated rings. The Kier molecular flexibility index (Phi) is 40.1. The normalized spacial score (nSPS) is 13.7. The molecule has 0 aromatic heterocycles. The number of hydrogen-bond donors (Lipinski definition) is 2. The molecule has 0 spiro atoms. The van der Waals surface area contributed by atoms with Gasteiger partial charge in [-0.3, -0.25) is 18.6 Å². The minimum atomic E-state index is -4.39. The molecule has 0 aromatic carbocycles. The van der Waals surface area contributed by atoms with Gasteiger partial charge in [-0.15, -0.1) is 0 Å². The maximum Gasteiger partial charge on any atom is 0.472 e. The van der Waals surface area contributed by atoms with Crippen LogP contribution in [0.15, 0.2) is 48.6 Å². The lowest BCUT2D eigenvalue weighted by atomic mass is 10.0. The lowest BCUT2D eigenvalue weighted by molar-refractivity contribution is -0.161. The van der Waals surface area contributed by atoms with Gasteiger partial charge in [0.2, 0.25) is 0 Å². The van der Waals surface area contributed by atoms with E-state index < -0.39 is 26.5 Å². The second-order valence-electron chi connectivity index (χ2n) is 14.6. The molecule has 55 heavy (non-hydrogen) atoms. The number of phosphoric acid groups is 1. The molecule has 0 saturated heterocycles. The fraction of sp³-hybridized carbons (Fsp3) is 0.778. The summed E-state index contributed by atoms with van der Waals surface area (Å²) in [5, 5.41) is 0. The zero-order valence-corrected chi connectivity index (χ0v) is 36.0. The Labute approximate surface area is 336 Å². The van der Waals surface area contributed by atoms with Crippen molar-refractivity contribution < 1.29 is 37.6 Å². The lowest BCUT2D eigenvalue weighted by Crippen LogP contribution is -2.29. The summed E-state index contributed by atoms with van der Waals surface area (Å²) in [5.41, 5.74) is 5.35. The SMILES string of the molecule is CCCCC/C=C/C/C=C/C/C=C/C/C=C/CCCCCC(=O)O[C@H](COC(=O)CCCCCCCCCCCCCCCCC)COP(=O)(O)OCCN. The van der Waals surface area contributed by atoms with E-state index in [-0.39, 0.29) is 38.6 Å². The number of rotatable bonds is 41. The highest BCUT2D eigenvalue weighted by atomic mass is 31.2. The molecule has 0 radical (unpaired) electrons. The van der Waals surface area contributed by atoms with Crippen molar-refractivity contribution in [1.82, 2.24) is 0 Å². The van der Waals surface area contributed by atoms with Crippen LogP contribution < -0.4 is 5.73 Å². The van der Waals surface area contributed by atoms with Crippen LogP contribution >= 0.6 is 7.82 Å². The molecule has 2 atom stereocenters. The van der Waals surface area contributed by atoms with Gasteiger partial charge in [-0.05, 0) is 57.8 Å². The molecule has 0 aliphatic rings. The molecule has 3 N–H and O–H groups in total. The van der Waals surface area contributed by atoms with Crippen molar-refractivity contribution in [1.29, 1.82) is 0 Å². The van der Waals surface area contributed by atoms with Gasteiger partial charge < -0.3 is 20.1 Å². The van der Waals surface area contributed by atoms with Gasteiger partial charge in [0.1, 0.15) is 6.61 Å². The van der Waals surface area contributed by atoms with Gasteiger partial charge in [-0.25, -0.2) is 4.57 Å². The summed E-state index contributed by atoms with van der Waals surface area (Å²) in [6, 6.07) is 0. The summed E-state index contributed by atoms with van der Waals surface area (Å²) in [7, 11) is -4.39. The number of allylic oxidation sites excluding steroid dienone is 8. The fourth-order valence-electron chi connectivity index (χ4n) is 5.91. The van der Waals surface area contributed by atoms with Gasteiger partial charge in [0, 0.05) is 19.4 Å². The summed E-state index contributed by atoms with van der Waals surface area (Å²) in [5.74, 6) is -0.861. The second-order valence-corrected chi connectivity index (χ2v) is 16.0. The smallest absolute Gasteiger partial charge is 0.462 e. The number of hydrogen-bond acceptors (Lipinski definition) is 8. The van der Waals surface area contributed by atoms with Crippen LogP contribution in [0.1, 0.15) is 194 Å². The van der Waals surface area contributed by atoms with E-state index in [4.69, 9.17) is 24.3 Å². The Balaban J connectivity index is 4.21. The van der Waals surface area contributed by atoms with Gasteiger partial charge in [0.05, 0.1) is 13.2 Å². The van der Waals surface area contributed by atoms with Crippen LogP contribution in [0.25, 0.3) is 0 Å². The molecule has 0 amide bonds. The van der Waals surface area contributed by atoms with E-state index in [1.165, 1.54) is 103 Å². The van der Waals surface area contributed by atoms with Crippen molar-refractivity contribution in [2.75, 3.05) is 26.4 Å². The highest BCUT2D eigenvalue weighted by molar-refractivity contribution is 7.47. The van der Waals surface area contributed by atoms with Gasteiger partial charge in [0.15, 0.2) is 6.10 Å². The van der Waals surface area contributed by atoms with Gasteiger partial charge in [-0.2, -0.15) is 0 Å². The fourth-order valence-corrected chi connectivity index (χ4v) is 6.68. The second kappa shape index (κ2) is 41.6. The van der Waals surface area contributed by atoms with E-state index in [2.05, 4.69) is 62.5 Å². The topological polar surface area (TPSA) is 134 Å². The van der Waals surface area contributed by atoms with E-state index in [9.17, 15) is 19.0 Å². The van der Waals surface area contributed by atoms with Gasteiger partial charge in [-0.1, -0.05) is 172 Å². The average molecular weight is 796 g/mol. The molecule has 0 aliphatic carbocycles. The van der Waals surface area contributed by atoms with Crippen LogP contribution in [-0.2, 0) is 32.7 Å². The minimum Gasteiger partial charge on any atom is -0.462 e. The molecule has 0 saturated carbocycles. The van der Waals surface area contributed by atoms with Gasteiger partial charge >= 0.3 is 19.8 Å². The molecule has 0 aliphatic heterocycles. The van der Waals surface area contributed by atoms with Crippen molar-refractivity contribution >= 4 is 19.8 Å². The van der Waals surface area contributed by atoms with Crippen molar-refractivity contribution in [3.8, 4) is 0 Å². The quantitative estimate of drug-likeness (QED) is 0.0268. The molecular weight excluding hydrogens is 713 g/mol. The molecular formula is C45H82NO8P.